The molecule has 2 rings (SSSR count). The van der Waals surface area contributed by atoms with Crippen LogP contribution in [0.3, 0.4) is 0 Å². The Morgan fingerprint density at radius 1 is 1.17 bits per heavy atom. The van der Waals surface area contributed by atoms with E-state index in [-0.39, 0.29) is 12.0 Å². The quantitative estimate of drug-likeness (QED) is 0.627. The minimum absolute atomic E-state index is 0.00797. The van der Waals surface area contributed by atoms with Gasteiger partial charge in [-0.25, -0.2) is 0 Å². The zero-order chi connectivity index (χ0) is 17.5. The van der Waals surface area contributed by atoms with Gasteiger partial charge in [-0.2, -0.15) is 0 Å². The van der Waals surface area contributed by atoms with Crippen LogP contribution in [0.1, 0.15) is 19.4 Å². The number of benzene rings is 2. The molecule has 0 radical (unpaired) electrons. The Balaban J connectivity index is 2.19. The molecule has 3 N–H and O–H groups in total. The smallest absolute Gasteiger partial charge is 0.248 e. The summed E-state index contributed by atoms with van der Waals surface area (Å²) in [6.45, 7) is 3.87. The van der Waals surface area contributed by atoms with Gasteiger partial charge in [0.15, 0.2) is 11.5 Å². The summed E-state index contributed by atoms with van der Waals surface area (Å²) in [4.78, 5) is 12.1. The van der Waals surface area contributed by atoms with Crippen molar-refractivity contribution in [2.45, 2.75) is 20.0 Å². The van der Waals surface area contributed by atoms with Crippen molar-refractivity contribution in [2.24, 2.45) is 0 Å². The first-order valence-corrected chi connectivity index (χ1v) is 7.68. The summed E-state index contributed by atoms with van der Waals surface area (Å²) in [5.74, 6) is 0.961. The van der Waals surface area contributed by atoms with Crippen LogP contribution in [-0.2, 0) is 4.79 Å². The number of amides is 1. The molecule has 0 aromatic heterocycles. The number of hydrogen-bond donors (Lipinski definition) is 2. The number of anilines is 2. The summed E-state index contributed by atoms with van der Waals surface area (Å²) in [6, 6.07) is 12.6. The average molecular weight is 326 g/mol. The fraction of sp³-hybridized carbons (Fsp3) is 0.211. The van der Waals surface area contributed by atoms with Crippen molar-refractivity contribution < 1.29 is 14.3 Å². The molecular weight excluding hydrogens is 304 g/mol. The highest BCUT2D eigenvalue weighted by molar-refractivity contribution is 6.03. The number of para-hydroxylation sites is 3. The summed E-state index contributed by atoms with van der Waals surface area (Å²) in [7, 11) is 1.58. The molecule has 0 bridgehead atoms. The third-order valence-electron chi connectivity index (χ3n) is 3.22. The van der Waals surface area contributed by atoms with Crippen LogP contribution < -0.4 is 20.5 Å². The monoisotopic (exact) mass is 326 g/mol. The van der Waals surface area contributed by atoms with Gasteiger partial charge in [0, 0.05) is 11.6 Å². The van der Waals surface area contributed by atoms with Crippen LogP contribution in [0.15, 0.2) is 48.5 Å². The number of nitrogens with one attached hydrogen (secondary N) is 1. The van der Waals surface area contributed by atoms with Gasteiger partial charge in [0.05, 0.1) is 24.6 Å². The van der Waals surface area contributed by atoms with Crippen LogP contribution in [0.2, 0.25) is 0 Å². The fourth-order valence-electron chi connectivity index (χ4n) is 2.14. The van der Waals surface area contributed by atoms with E-state index in [1.165, 1.54) is 6.08 Å². The highest BCUT2D eigenvalue weighted by Gasteiger charge is 2.10. The number of carbonyl (C=O) groups excluding carboxylic acids is 1. The molecule has 0 aliphatic carbocycles. The molecular formula is C19H22N2O3. The number of ether oxygens (including phenoxy) is 2. The number of hydrogen-bond acceptors (Lipinski definition) is 4. The lowest BCUT2D eigenvalue weighted by molar-refractivity contribution is -0.111. The number of nitrogens with two attached hydrogens (primary N) is 1. The lowest BCUT2D eigenvalue weighted by atomic mass is 10.1. The Kier molecular flexibility index (Phi) is 5.84. The summed E-state index contributed by atoms with van der Waals surface area (Å²) < 4.78 is 11.1. The minimum atomic E-state index is -0.272. The topological polar surface area (TPSA) is 73.6 Å². The van der Waals surface area contributed by atoms with Crippen LogP contribution in [-0.4, -0.2) is 19.1 Å². The van der Waals surface area contributed by atoms with E-state index in [9.17, 15) is 4.79 Å². The maximum atomic E-state index is 12.1. The predicted molar refractivity (Wildman–Crippen MR) is 97.3 cm³/mol. The molecule has 0 unspecified atom stereocenters. The van der Waals surface area contributed by atoms with Gasteiger partial charge in [0.2, 0.25) is 5.91 Å². The first kappa shape index (κ1) is 17.4. The molecule has 0 fully saturated rings. The minimum Gasteiger partial charge on any atom is -0.493 e. The van der Waals surface area contributed by atoms with Crippen molar-refractivity contribution in [1.82, 2.24) is 0 Å². The maximum Gasteiger partial charge on any atom is 0.248 e. The number of carbonyl (C=O) groups is 1. The van der Waals surface area contributed by atoms with Gasteiger partial charge < -0.3 is 20.5 Å². The molecule has 0 spiro atoms. The molecule has 2 aromatic carbocycles. The highest BCUT2D eigenvalue weighted by Crippen LogP contribution is 2.32. The normalized spacial score (nSPS) is 10.8. The lowest BCUT2D eigenvalue weighted by Gasteiger charge is -2.15. The van der Waals surface area contributed by atoms with Crippen molar-refractivity contribution in [1.29, 1.82) is 0 Å². The molecule has 0 heterocycles. The van der Waals surface area contributed by atoms with Crippen LogP contribution in [0.4, 0.5) is 11.4 Å². The van der Waals surface area contributed by atoms with Crippen LogP contribution in [0, 0.1) is 0 Å². The number of methoxy groups -OCH3 is 1. The molecule has 2 aromatic rings. The van der Waals surface area contributed by atoms with E-state index in [0.717, 1.165) is 5.56 Å². The average Bonchev–Trinajstić information content (AvgIpc) is 2.55. The second-order valence-electron chi connectivity index (χ2n) is 5.46. The van der Waals surface area contributed by atoms with E-state index >= 15 is 0 Å². The lowest BCUT2D eigenvalue weighted by Crippen LogP contribution is -2.10. The van der Waals surface area contributed by atoms with Crippen molar-refractivity contribution in [3.05, 3.63) is 54.1 Å². The summed E-state index contributed by atoms with van der Waals surface area (Å²) >= 11 is 0. The van der Waals surface area contributed by atoms with Crippen molar-refractivity contribution in [3.63, 3.8) is 0 Å². The van der Waals surface area contributed by atoms with Crippen LogP contribution in [0.5, 0.6) is 11.5 Å². The van der Waals surface area contributed by atoms with Gasteiger partial charge >= 0.3 is 0 Å². The predicted octanol–water partition coefficient (Wildman–Crippen LogP) is 3.72. The van der Waals surface area contributed by atoms with Gasteiger partial charge in [-0.1, -0.05) is 24.3 Å². The van der Waals surface area contributed by atoms with E-state index < -0.39 is 0 Å². The third-order valence-corrected chi connectivity index (χ3v) is 3.22. The molecule has 5 nitrogen and oxygen atoms in total. The summed E-state index contributed by atoms with van der Waals surface area (Å²) in [5, 5.41) is 2.75. The molecule has 0 saturated carbocycles. The first-order chi connectivity index (χ1) is 11.5. The second-order valence-corrected chi connectivity index (χ2v) is 5.46. The molecule has 5 heteroatoms. The van der Waals surface area contributed by atoms with E-state index in [1.807, 2.05) is 44.2 Å². The zero-order valence-electron chi connectivity index (χ0n) is 14.1. The first-order valence-electron chi connectivity index (χ1n) is 7.68. The summed E-state index contributed by atoms with van der Waals surface area (Å²) in [5.41, 5.74) is 7.68. The van der Waals surface area contributed by atoms with Gasteiger partial charge in [-0.15, -0.1) is 0 Å². The molecule has 0 aliphatic heterocycles. The number of rotatable bonds is 6. The van der Waals surface area contributed by atoms with Crippen molar-refractivity contribution in [3.8, 4) is 11.5 Å². The third kappa shape index (κ3) is 4.52. The SMILES string of the molecule is COc1cccc(/C=C/C(=O)Nc2ccccc2N)c1OC(C)C. The largest absolute Gasteiger partial charge is 0.493 e. The Bertz CT molecular complexity index is 739. The molecule has 0 atom stereocenters. The number of nitrogen functional groups attached to an aromatic ring is 1. The Morgan fingerprint density at radius 3 is 2.58 bits per heavy atom. The molecule has 0 aliphatic rings. The van der Waals surface area contributed by atoms with Gasteiger partial charge in [0.25, 0.3) is 0 Å². The zero-order valence-corrected chi connectivity index (χ0v) is 14.1. The maximum absolute atomic E-state index is 12.1. The van der Waals surface area contributed by atoms with Gasteiger partial charge in [0.1, 0.15) is 0 Å². The Labute approximate surface area is 142 Å². The molecule has 1 amide bonds. The van der Waals surface area contributed by atoms with Gasteiger partial charge in [-0.05, 0) is 38.1 Å². The van der Waals surface area contributed by atoms with E-state index in [1.54, 1.807) is 25.3 Å². The van der Waals surface area contributed by atoms with Crippen LogP contribution in [0.25, 0.3) is 6.08 Å². The van der Waals surface area contributed by atoms with Crippen molar-refractivity contribution >= 4 is 23.4 Å². The molecule has 0 saturated heterocycles. The molecule has 24 heavy (non-hydrogen) atoms. The highest BCUT2D eigenvalue weighted by atomic mass is 16.5. The summed E-state index contributed by atoms with van der Waals surface area (Å²) in [6.07, 6.45) is 3.12. The Hall–Kier alpha value is -2.95. The van der Waals surface area contributed by atoms with Gasteiger partial charge in [-0.3, -0.25) is 4.79 Å². The van der Waals surface area contributed by atoms with Crippen molar-refractivity contribution in [2.75, 3.05) is 18.2 Å². The second kappa shape index (κ2) is 8.06. The molecule has 126 valence electrons. The Morgan fingerprint density at radius 2 is 1.92 bits per heavy atom. The van der Waals surface area contributed by atoms with Crippen LogP contribution >= 0.6 is 0 Å². The van der Waals surface area contributed by atoms with E-state index in [4.69, 9.17) is 15.2 Å². The fourth-order valence-corrected chi connectivity index (χ4v) is 2.14. The van der Waals surface area contributed by atoms with E-state index in [2.05, 4.69) is 5.32 Å². The van der Waals surface area contributed by atoms with E-state index in [0.29, 0.717) is 22.9 Å². The standard InChI is InChI=1S/C19H22N2O3/c1-13(2)24-19-14(7-6-10-17(19)23-3)11-12-18(22)21-16-9-5-4-8-15(16)20/h4-13H,20H2,1-3H3,(H,21,22)/b12-11+.